The first-order valence-corrected chi connectivity index (χ1v) is 13.1. The van der Waals surface area contributed by atoms with Crippen molar-refractivity contribution >= 4 is 52.0 Å². The highest BCUT2D eigenvalue weighted by molar-refractivity contribution is 7.11. The first-order chi connectivity index (χ1) is 17.0. The molecule has 0 N–H and O–H groups in total. The van der Waals surface area contributed by atoms with Gasteiger partial charge in [0.15, 0.2) is 4.80 Å². The number of benzene rings is 2. The van der Waals surface area contributed by atoms with E-state index >= 15 is 0 Å². The number of thiophene rings is 1. The zero-order chi connectivity index (χ0) is 24.5. The highest BCUT2D eigenvalue weighted by atomic mass is 35.5. The second-order valence-electron chi connectivity index (χ2n) is 7.95. The van der Waals surface area contributed by atoms with Crippen LogP contribution in [0.5, 0.6) is 0 Å². The smallest absolute Gasteiger partial charge is 0.338 e. The SMILES string of the molecule is CCOC(=O)C1=C(c2ccccc2)N=c2s/c(=C\c3sccc3C)c(=O)n2[C@H]1c1ccc(Cl)cc1. The van der Waals surface area contributed by atoms with Crippen LogP contribution < -0.4 is 14.9 Å². The van der Waals surface area contributed by atoms with E-state index in [0.29, 0.717) is 25.6 Å². The van der Waals surface area contributed by atoms with Gasteiger partial charge in [-0.2, -0.15) is 0 Å². The molecule has 0 spiro atoms. The van der Waals surface area contributed by atoms with Crippen molar-refractivity contribution in [3.05, 3.63) is 118 Å². The second kappa shape index (κ2) is 9.77. The van der Waals surface area contributed by atoms with Crippen molar-refractivity contribution in [3.63, 3.8) is 0 Å². The summed E-state index contributed by atoms with van der Waals surface area (Å²) >= 11 is 9.06. The van der Waals surface area contributed by atoms with E-state index in [1.807, 2.05) is 66.9 Å². The Morgan fingerprint density at radius 3 is 2.54 bits per heavy atom. The first-order valence-electron chi connectivity index (χ1n) is 11.1. The molecule has 0 saturated heterocycles. The van der Waals surface area contributed by atoms with E-state index in [2.05, 4.69) is 0 Å². The van der Waals surface area contributed by atoms with Crippen molar-refractivity contribution < 1.29 is 9.53 Å². The van der Waals surface area contributed by atoms with Crippen molar-refractivity contribution in [3.8, 4) is 0 Å². The van der Waals surface area contributed by atoms with Crippen LogP contribution in [0.3, 0.4) is 0 Å². The quantitative estimate of drug-likeness (QED) is 0.349. The molecular weight excluding hydrogens is 500 g/mol. The lowest BCUT2D eigenvalue weighted by Gasteiger charge is -2.25. The molecule has 4 aromatic rings. The van der Waals surface area contributed by atoms with Crippen LogP contribution in [0.25, 0.3) is 11.8 Å². The molecule has 0 radical (unpaired) electrons. The second-order valence-corrected chi connectivity index (χ2v) is 10.3. The van der Waals surface area contributed by atoms with E-state index in [0.717, 1.165) is 21.6 Å². The maximum Gasteiger partial charge on any atom is 0.338 e. The summed E-state index contributed by atoms with van der Waals surface area (Å²) in [4.78, 5) is 33.5. The number of hydrogen-bond acceptors (Lipinski definition) is 6. The molecule has 35 heavy (non-hydrogen) atoms. The molecule has 0 aliphatic carbocycles. The van der Waals surface area contributed by atoms with Crippen LogP contribution in [-0.4, -0.2) is 17.1 Å². The molecule has 3 heterocycles. The molecule has 1 aliphatic heterocycles. The van der Waals surface area contributed by atoms with Gasteiger partial charge in [-0.05, 0) is 54.6 Å². The Kier molecular flexibility index (Phi) is 6.56. The largest absolute Gasteiger partial charge is 0.463 e. The molecule has 1 atom stereocenters. The summed E-state index contributed by atoms with van der Waals surface area (Å²) in [5.74, 6) is -0.501. The van der Waals surface area contributed by atoms with Gasteiger partial charge in [-0.15, -0.1) is 11.3 Å². The number of esters is 1. The van der Waals surface area contributed by atoms with Crippen LogP contribution in [-0.2, 0) is 9.53 Å². The number of halogens is 1. The highest BCUT2D eigenvalue weighted by Gasteiger charge is 2.35. The zero-order valence-corrected chi connectivity index (χ0v) is 21.4. The number of carbonyl (C=O) groups is 1. The van der Waals surface area contributed by atoms with Crippen LogP contribution in [0.2, 0.25) is 5.02 Å². The lowest BCUT2D eigenvalue weighted by molar-refractivity contribution is -0.138. The van der Waals surface area contributed by atoms with E-state index in [-0.39, 0.29) is 12.2 Å². The van der Waals surface area contributed by atoms with Crippen LogP contribution >= 0.6 is 34.3 Å². The number of nitrogens with zero attached hydrogens (tertiary/aromatic N) is 2. The van der Waals surface area contributed by atoms with Crippen molar-refractivity contribution in [1.29, 1.82) is 0 Å². The van der Waals surface area contributed by atoms with Crippen LogP contribution in [0, 0.1) is 6.92 Å². The summed E-state index contributed by atoms with van der Waals surface area (Å²) < 4.78 is 7.63. The van der Waals surface area contributed by atoms with Gasteiger partial charge in [0.1, 0.15) is 0 Å². The number of ether oxygens (including phenoxy) is 1. The van der Waals surface area contributed by atoms with Gasteiger partial charge in [-0.3, -0.25) is 9.36 Å². The highest BCUT2D eigenvalue weighted by Crippen LogP contribution is 2.35. The lowest BCUT2D eigenvalue weighted by Crippen LogP contribution is -2.40. The average molecular weight is 521 g/mol. The number of carbonyl (C=O) groups excluding carboxylic acids is 1. The van der Waals surface area contributed by atoms with Crippen LogP contribution in [0.1, 0.15) is 34.5 Å². The molecule has 5 rings (SSSR count). The van der Waals surface area contributed by atoms with Crippen LogP contribution in [0.15, 0.2) is 81.4 Å². The first kappa shape index (κ1) is 23.5. The summed E-state index contributed by atoms with van der Waals surface area (Å²) in [6.07, 6.45) is 1.90. The Balaban J connectivity index is 1.85. The molecule has 5 nitrogen and oxygen atoms in total. The Morgan fingerprint density at radius 1 is 1.14 bits per heavy atom. The molecule has 8 heteroatoms. The van der Waals surface area contributed by atoms with Crippen molar-refractivity contribution in [2.75, 3.05) is 6.61 Å². The van der Waals surface area contributed by atoms with E-state index in [9.17, 15) is 9.59 Å². The zero-order valence-electron chi connectivity index (χ0n) is 19.0. The average Bonchev–Trinajstić information content (AvgIpc) is 3.41. The Hall–Kier alpha value is -3.26. The summed E-state index contributed by atoms with van der Waals surface area (Å²) in [5, 5.41) is 2.57. The molecule has 0 bridgehead atoms. The summed E-state index contributed by atoms with van der Waals surface area (Å²) in [6.45, 7) is 3.98. The van der Waals surface area contributed by atoms with Crippen molar-refractivity contribution in [2.45, 2.75) is 19.9 Å². The van der Waals surface area contributed by atoms with Gasteiger partial charge in [0, 0.05) is 15.5 Å². The topological polar surface area (TPSA) is 60.7 Å². The number of thiazole rings is 1. The van der Waals surface area contributed by atoms with E-state index < -0.39 is 12.0 Å². The number of rotatable bonds is 5. The number of fused-ring (bicyclic) bond motifs is 1. The molecule has 2 aromatic carbocycles. The molecule has 0 amide bonds. The summed E-state index contributed by atoms with van der Waals surface area (Å²) in [6, 6.07) is 18.0. The molecule has 1 aliphatic rings. The monoisotopic (exact) mass is 520 g/mol. The third-order valence-corrected chi connectivity index (χ3v) is 7.92. The van der Waals surface area contributed by atoms with Crippen molar-refractivity contribution in [2.24, 2.45) is 4.99 Å². The van der Waals surface area contributed by atoms with Gasteiger partial charge in [-0.1, -0.05) is 65.4 Å². The molecule has 2 aromatic heterocycles. The molecule has 176 valence electrons. The van der Waals surface area contributed by atoms with Gasteiger partial charge < -0.3 is 4.74 Å². The van der Waals surface area contributed by atoms with Gasteiger partial charge in [0.2, 0.25) is 0 Å². The minimum Gasteiger partial charge on any atom is -0.463 e. The van der Waals surface area contributed by atoms with Gasteiger partial charge >= 0.3 is 5.97 Å². The molecule has 0 fully saturated rings. The van der Waals surface area contributed by atoms with E-state index in [4.69, 9.17) is 21.3 Å². The Labute approximate surface area is 214 Å². The predicted molar refractivity (Wildman–Crippen MR) is 142 cm³/mol. The fourth-order valence-electron chi connectivity index (χ4n) is 4.05. The van der Waals surface area contributed by atoms with Crippen LogP contribution in [0.4, 0.5) is 0 Å². The number of aryl methyl sites for hydroxylation is 1. The third-order valence-electron chi connectivity index (χ3n) is 5.72. The predicted octanol–water partition coefficient (Wildman–Crippen LogP) is 4.96. The minimum absolute atomic E-state index is 0.199. The number of hydrogen-bond donors (Lipinski definition) is 0. The lowest BCUT2D eigenvalue weighted by atomic mass is 9.93. The molecular formula is C27H21ClN2O3S2. The number of aromatic nitrogens is 1. The Bertz CT molecular complexity index is 1610. The summed E-state index contributed by atoms with van der Waals surface area (Å²) in [7, 11) is 0. The van der Waals surface area contributed by atoms with Crippen molar-refractivity contribution in [1.82, 2.24) is 4.57 Å². The standard InChI is InChI=1S/C27H21ClN2O3S2/c1-3-33-26(32)22-23(17-7-5-4-6-8-17)29-27-30(24(22)18-9-11-19(28)12-10-18)25(31)21(35-27)15-20-16(2)13-14-34-20/h4-15,24H,3H2,1-2H3/b21-15-/t24-/m0/s1. The maximum atomic E-state index is 13.8. The van der Waals surface area contributed by atoms with Gasteiger partial charge in [0.25, 0.3) is 5.56 Å². The third kappa shape index (κ3) is 4.43. The maximum absolute atomic E-state index is 13.8. The molecule has 0 saturated carbocycles. The van der Waals surface area contributed by atoms with Gasteiger partial charge in [0.05, 0.1) is 28.5 Å². The fraction of sp³-hybridized carbons (Fsp3) is 0.148. The van der Waals surface area contributed by atoms with E-state index in [1.165, 1.54) is 11.3 Å². The fourth-order valence-corrected chi connectivity index (χ4v) is 6.09. The summed E-state index contributed by atoms with van der Waals surface area (Å²) in [5.41, 5.74) is 3.26. The Morgan fingerprint density at radius 2 is 1.89 bits per heavy atom. The molecule has 0 unspecified atom stereocenters. The van der Waals surface area contributed by atoms with Gasteiger partial charge in [-0.25, -0.2) is 9.79 Å². The van der Waals surface area contributed by atoms with E-state index in [1.54, 1.807) is 35.0 Å². The minimum atomic E-state index is -0.704. The normalized spacial score (nSPS) is 15.6.